The number of aliphatic hydroxyl groups is 1. The number of allylic oxidation sites excluding steroid dienone is 2. The molecule has 39 heavy (non-hydrogen) atoms. The number of hydrogen-bond acceptors (Lipinski definition) is 6. The van der Waals surface area contributed by atoms with Gasteiger partial charge in [0.15, 0.2) is 0 Å². The molecule has 7 nitrogen and oxygen atoms in total. The molecular weight excluding hydrogens is 514 g/mol. The molecule has 0 radical (unpaired) electrons. The summed E-state index contributed by atoms with van der Waals surface area (Å²) >= 11 is 2.24. The van der Waals surface area contributed by atoms with Crippen molar-refractivity contribution in [2.75, 3.05) is 25.4 Å². The Morgan fingerprint density at radius 3 is 2.46 bits per heavy atom. The van der Waals surface area contributed by atoms with Crippen molar-refractivity contribution in [3.63, 3.8) is 0 Å². The fraction of sp³-hybridized carbons (Fsp3) is 0.742. The van der Waals surface area contributed by atoms with Crippen LogP contribution in [0.25, 0.3) is 0 Å². The van der Waals surface area contributed by atoms with Crippen LogP contribution in [0.4, 0.5) is 0 Å². The Morgan fingerprint density at radius 2 is 1.79 bits per heavy atom. The first-order valence-corrected chi connectivity index (χ1v) is 15.9. The van der Waals surface area contributed by atoms with Gasteiger partial charge in [0.1, 0.15) is 0 Å². The number of carbonyl (C=O) groups is 2. The number of carboxylic acid groups (broad SMARTS) is 2. The Labute approximate surface area is 236 Å². The van der Waals surface area contributed by atoms with Crippen LogP contribution in [0.3, 0.4) is 0 Å². The van der Waals surface area contributed by atoms with E-state index in [1.54, 1.807) is 11.8 Å². The zero-order valence-corrected chi connectivity index (χ0v) is 24.3. The van der Waals surface area contributed by atoms with E-state index in [2.05, 4.69) is 42.7 Å². The standard InChI is InChI=1S/C29H43NO2S.C2H2O4/c1-27-11-7-23(33-18-16-30-14-3-4-15-30)19-22(27)5-6-26-25(27)8-12-28(2)24(9-13-29(26,28)31)21-10-17-32-20-21;3-1(4)2(5)6/h5,10,17,20,23-26,31H,3-4,6-9,11-16,18-19H2,1-2H3;(H,3,4)(H,5,6)/t23-,24+,25-,26+,27-,28+,29-;/m0./s1. The van der Waals surface area contributed by atoms with E-state index in [0.29, 0.717) is 23.2 Å². The molecule has 0 amide bonds. The van der Waals surface area contributed by atoms with Gasteiger partial charge in [-0.15, -0.1) is 0 Å². The van der Waals surface area contributed by atoms with Crippen molar-refractivity contribution >= 4 is 23.7 Å². The molecular formula is C31H45NO6S. The van der Waals surface area contributed by atoms with Crippen LogP contribution in [-0.2, 0) is 9.59 Å². The number of carboxylic acids is 2. The smallest absolute Gasteiger partial charge is 0.414 e. The third kappa shape index (κ3) is 5.21. The fourth-order valence-corrected chi connectivity index (χ4v) is 10.4. The first-order valence-electron chi connectivity index (χ1n) is 14.8. The molecule has 3 saturated carbocycles. The number of furan rings is 1. The van der Waals surface area contributed by atoms with E-state index >= 15 is 0 Å². The fourth-order valence-electron chi connectivity index (χ4n) is 9.10. The van der Waals surface area contributed by atoms with Gasteiger partial charge in [-0.2, -0.15) is 11.8 Å². The molecule has 6 rings (SSSR count). The first-order chi connectivity index (χ1) is 18.6. The Hall–Kier alpha value is -1.77. The molecule has 0 aromatic carbocycles. The van der Waals surface area contributed by atoms with Gasteiger partial charge in [0.2, 0.25) is 0 Å². The number of hydrogen-bond donors (Lipinski definition) is 3. The van der Waals surface area contributed by atoms with Gasteiger partial charge in [-0.25, -0.2) is 9.59 Å². The van der Waals surface area contributed by atoms with E-state index in [0.717, 1.165) is 30.9 Å². The second-order valence-corrected chi connectivity index (χ2v) is 14.4. The minimum Gasteiger partial charge on any atom is -0.473 e. The van der Waals surface area contributed by atoms with Crippen LogP contribution in [-0.4, -0.2) is 68.4 Å². The lowest BCUT2D eigenvalue weighted by Crippen LogP contribution is -2.60. The molecule has 1 aliphatic heterocycles. The highest BCUT2D eigenvalue weighted by molar-refractivity contribution is 7.99. The molecule has 0 bridgehead atoms. The summed E-state index contributed by atoms with van der Waals surface area (Å²) in [7, 11) is 0. The lowest BCUT2D eigenvalue weighted by atomic mass is 9.45. The summed E-state index contributed by atoms with van der Waals surface area (Å²) in [6.07, 6.45) is 18.7. The molecule has 1 aromatic heterocycles. The molecule has 3 N–H and O–H groups in total. The number of nitrogens with zero attached hydrogens (tertiary/aromatic N) is 1. The average Bonchev–Trinajstić information content (AvgIpc) is 3.66. The van der Waals surface area contributed by atoms with Crippen LogP contribution in [0.5, 0.6) is 0 Å². The molecule has 2 heterocycles. The van der Waals surface area contributed by atoms with E-state index in [1.165, 1.54) is 69.5 Å². The number of likely N-dealkylation sites (tertiary alicyclic amines) is 1. The predicted octanol–water partition coefficient (Wildman–Crippen LogP) is 5.79. The highest BCUT2D eigenvalue weighted by Gasteiger charge is 2.66. The van der Waals surface area contributed by atoms with Crippen molar-refractivity contribution in [1.82, 2.24) is 4.90 Å². The van der Waals surface area contributed by atoms with Crippen molar-refractivity contribution in [3.8, 4) is 0 Å². The minimum absolute atomic E-state index is 0.0254. The maximum Gasteiger partial charge on any atom is 0.414 e. The van der Waals surface area contributed by atoms with E-state index in [9.17, 15) is 5.11 Å². The molecule has 1 saturated heterocycles. The van der Waals surface area contributed by atoms with E-state index in [1.807, 2.05) is 6.26 Å². The Kier molecular flexibility index (Phi) is 8.29. The summed E-state index contributed by atoms with van der Waals surface area (Å²) in [5.74, 6) is -0.850. The monoisotopic (exact) mass is 559 g/mol. The molecule has 5 aliphatic rings. The summed E-state index contributed by atoms with van der Waals surface area (Å²) in [6.45, 7) is 8.88. The Balaban J connectivity index is 0.000000465. The zero-order chi connectivity index (χ0) is 27.8. The van der Waals surface area contributed by atoms with Crippen LogP contribution in [0, 0.1) is 22.7 Å². The maximum atomic E-state index is 12.3. The zero-order valence-electron chi connectivity index (χ0n) is 23.4. The quantitative estimate of drug-likeness (QED) is 0.307. The summed E-state index contributed by atoms with van der Waals surface area (Å²) in [5, 5.41) is 27.9. The second-order valence-electron chi connectivity index (χ2n) is 13.0. The van der Waals surface area contributed by atoms with Crippen LogP contribution in [0.1, 0.15) is 89.5 Å². The Bertz CT molecular complexity index is 1060. The molecule has 0 spiro atoms. The van der Waals surface area contributed by atoms with Gasteiger partial charge < -0.3 is 24.6 Å². The van der Waals surface area contributed by atoms with Crippen molar-refractivity contribution in [2.45, 2.75) is 94.8 Å². The van der Waals surface area contributed by atoms with Crippen molar-refractivity contribution < 1.29 is 29.3 Å². The minimum atomic E-state index is -1.82. The van der Waals surface area contributed by atoms with Crippen molar-refractivity contribution in [2.24, 2.45) is 22.7 Å². The van der Waals surface area contributed by atoms with E-state index in [-0.39, 0.29) is 5.41 Å². The maximum absolute atomic E-state index is 12.3. The van der Waals surface area contributed by atoms with Crippen LogP contribution in [0.15, 0.2) is 34.7 Å². The van der Waals surface area contributed by atoms with Crippen molar-refractivity contribution in [3.05, 3.63) is 35.8 Å². The predicted molar refractivity (Wildman–Crippen MR) is 152 cm³/mol. The van der Waals surface area contributed by atoms with Crippen LogP contribution in [0.2, 0.25) is 0 Å². The molecule has 4 fully saturated rings. The number of rotatable bonds is 5. The normalized spacial score (nSPS) is 39.5. The molecule has 8 heteroatoms. The average molecular weight is 560 g/mol. The van der Waals surface area contributed by atoms with Gasteiger partial charge in [0.25, 0.3) is 0 Å². The molecule has 7 atom stereocenters. The van der Waals surface area contributed by atoms with Crippen LogP contribution < -0.4 is 0 Å². The first kappa shape index (κ1) is 28.7. The van der Waals surface area contributed by atoms with Gasteiger partial charge in [-0.1, -0.05) is 25.5 Å². The molecule has 1 aromatic rings. The van der Waals surface area contributed by atoms with Crippen molar-refractivity contribution in [1.29, 1.82) is 0 Å². The highest BCUT2D eigenvalue weighted by Crippen LogP contribution is 2.69. The summed E-state index contributed by atoms with van der Waals surface area (Å²) < 4.78 is 5.45. The van der Waals surface area contributed by atoms with Gasteiger partial charge in [-0.05, 0) is 112 Å². The Morgan fingerprint density at radius 1 is 1.05 bits per heavy atom. The highest BCUT2D eigenvalue weighted by atomic mass is 32.2. The lowest BCUT2D eigenvalue weighted by Gasteiger charge is -2.61. The topological polar surface area (TPSA) is 111 Å². The molecule has 216 valence electrons. The van der Waals surface area contributed by atoms with Gasteiger partial charge in [0, 0.05) is 23.0 Å². The lowest BCUT2D eigenvalue weighted by molar-refractivity contribution is -0.171. The summed E-state index contributed by atoms with van der Waals surface area (Å²) in [6, 6.07) is 2.14. The van der Waals surface area contributed by atoms with Gasteiger partial charge >= 0.3 is 11.9 Å². The van der Waals surface area contributed by atoms with Crippen LogP contribution >= 0.6 is 11.8 Å². The number of aliphatic carboxylic acids is 2. The SMILES string of the molecule is C[C@]12CC[C@H](SCCN3CCCC3)CC1=CC[C@@H]1[C@@H]2CC[C@]2(C)[C@@H](c3ccoc3)CC[C@]12O.O=C(O)C(=O)O. The molecule has 0 unspecified atom stereocenters. The number of thioether (sulfide) groups is 1. The second kappa shape index (κ2) is 11.2. The largest absolute Gasteiger partial charge is 0.473 e. The third-order valence-corrected chi connectivity index (χ3v) is 12.6. The summed E-state index contributed by atoms with van der Waals surface area (Å²) in [4.78, 5) is 20.9. The van der Waals surface area contributed by atoms with E-state index in [4.69, 9.17) is 24.2 Å². The third-order valence-electron chi connectivity index (χ3n) is 11.3. The van der Waals surface area contributed by atoms with Gasteiger partial charge in [0.05, 0.1) is 18.1 Å². The van der Waals surface area contributed by atoms with E-state index < -0.39 is 17.5 Å². The summed E-state index contributed by atoms with van der Waals surface area (Å²) in [5.41, 5.74) is 2.79. The molecule has 4 aliphatic carbocycles. The van der Waals surface area contributed by atoms with Gasteiger partial charge in [-0.3, -0.25) is 0 Å². The number of fused-ring (bicyclic) bond motifs is 5.